The molecule has 2 saturated heterocycles. The Morgan fingerprint density at radius 2 is 2.00 bits per heavy atom. The zero-order chi connectivity index (χ0) is 17.2. The molecule has 2 N–H and O–H groups in total. The SMILES string of the molecule is O=C(NCC1CNC1)C1(C(F)(F)F)CCN(Cc2ccccc2)C1. The van der Waals surface area contributed by atoms with Crippen LogP contribution < -0.4 is 10.6 Å². The zero-order valence-electron chi connectivity index (χ0n) is 13.4. The lowest BCUT2D eigenvalue weighted by Gasteiger charge is -2.33. The molecule has 1 aromatic rings. The van der Waals surface area contributed by atoms with Gasteiger partial charge in [0.25, 0.3) is 0 Å². The highest BCUT2D eigenvalue weighted by molar-refractivity contribution is 5.84. The first-order chi connectivity index (χ1) is 11.4. The maximum atomic E-state index is 13.7. The lowest BCUT2D eigenvalue weighted by atomic mass is 9.85. The Kier molecular flexibility index (Phi) is 4.83. The van der Waals surface area contributed by atoms with Crippen molar-refractivity contribution in [2.45, 2.75) is 19.1 Å². The molecule has 132 valence electrons. The molecule has 2 aliphatic rings. The molecule has 24 heavy (non-hydrogen) atoms. The van der Waals surface area contributed by atoms with E-state index in [4.69, 9.17) is 0 Å². The van der Waals surface area contributed by atoms with Gasteiger partial charge >= 0.3 is 6.18 Å². The van der Waals surface area contributed by atoms with E-state index in [0.717, 1.165) is 18.7 Å². The predicted octanol–water partition coefficient (Wildman–Crippen LogP) is 1.78. The highest BCUT2D eigenvalue weighted by atomic mass is 19.4. The molecule has 0 bridgehead atoms. The lowest BCUT2D eigenvalue weighted by molar-refractivity contribution is -0.218. The molecule has 0 aliphatic carbocycles. The Balaban J connectivity index is 1.67. The fraction of sp³-hybridized carbons (Fsp3) is 0.588. The molecule has 0 aromatic heterocycles. The largest absolute Gasteiger partial charge is 0.404 e. The van der Waals surface area contributed by atoms with Crippen LogP contribution in [0.1, 0.15) is 12.0 Å². The molecule has 0 saturated carbocycles. The van der Waals surface area contributed by atoms with Crippen molar-refractivity contribution in [2.24, 2.45) is 11.3 Å². The number of hydrogen-bond donors (Lipinski definition) is 2. The van der Waals surface area contributed by atoms with Crippen molar-refractivity contribution >= 4 is 5.91 Å². The summed E-state index contributed by atoms with van der Waals surface area (Å²) < 4.78 is 41.1. The van der Waals surface area contributed by atoms with Gasteiger partial charge in [-0.05, 0) is 18.5 Å². The number of halogens is 3. The summed E-state index contributed by atoms with van der Waals surface area (Å²) in [6.07, 6.45) is -4.72. The summed E-state index contributed by atoms with van der Waals surface area (Å²) in [5, 5.41) is 5.58. The Morgan fingerprint density at radius 1 is 1.29 bits per heavy atom. The maximum Gasteiger partial charge on any atom is 0.404 e. The topological polar surface area (TPSA) is 44.4 Å². The molecule has 2 fully saturated rings. The molecule has 2 heterocycles. The van der Waals surface area contributed by atoms with Gasteiger partial charge in [-0.25, -0.2) is 0 Å². The van der Waals surface area contributed by atoms with Crippen LogP contribution in [0.4, 0.5) is 13.2 Å². The van der Waals surface area contributed by atoms with Crippen molar-refractivity contribution in [2.75, 3.05) is 32.7 Å². The summed E-state index contributed by atoms with van der Waals surface area (Å²) in [6.45, 7) is 2.23. The number of amides is 1. The van der Waals surface area contributed by atoms with Crippen molar-refractivity contribution in [3.8, 4) is 0 Å². The molecule has 0 spiro atoms. The second-order valence-electron chi connectivity index (χ2n) is 6.76. The number of carbonyl (C=O) groups is 1. The second-order valence-corrected chi connectivity index (χ2v) is 6.76. The monoisotopic (exact) mass is 341 g/mol. The fourth-order valence-electron chi connectivity index (χ4n) is 3.31. The molecule has 0 radical (unpaired) electrons. The summed E-state index contributed by atoms with van der Waals surface area (Å²) in [6, 6.07) is 9.37. The fourth-order valence-corrected chi connectivity index (χ4v) is 3.31. The number of alkyl halides is 3. The second kappa shape index (κ2) is 6.72. The van der Waals surface area contributed by atoms with Crippen LogP contribution in [0.15, 0.2) is 30.3 Å². The van der Waals surface area contributed by atoms with Gasteiger partial charge in [0.05, 0.1) is 0 Å². The lowest BCUT2D eigenvalue weighted by Crippen LogP contribution is -2.55. The minimum absolute atomic E-state index is 0.182. The van der Waals surface area contributed by atoms with Crippen molar-refractivity contribution in [1.82, 2.24) is 15.5 Å². The number of carbonyl (C=O) groups excluding carboxylic acids is 1. The molecule has 1 amide bonds. The van der Waals surface area contributed by atoms with Gasteiger partial charge in [-0.2, -0.15) is 13.2 Å². The van der Waals surface area contributed by atoms with E-state index in [1.807, 2.05) is 30.3 Å². The van der Waals surface area contributed by atoms with Gasteiger partial charge in [0.15, 0.2) is 5.41 Å². The highest BCUT2D eigenvalue weighted by Gasteiger charge is 2.62. The third-order valence-electron chi connectivity index (χ3n) is 4.99. The molecule has 2 aliphatic heterocycles. The van der Waals surface area contributed by atoms with Crippen molar-refractivity contribution in [3.63, 3.8) is 0 Å². The number of benzene rings is 1. The molecular weight excluding hydrogens is 319 g/mol. The van der Waals surface area contributed by atoms with Crippen molar-refractivity contribution < 1.29 is 18.0 Å². The van der Waals surface area contributed by atoms with Gasteiger partial charge in [0.2, 0.25) is 5.91 Å². The Hall–Kier alpha value is -1.60. The summed E-state index contributed by atoms with van der Waals surface area (Å²) in [7, 11) is 0. The van der Waals surface area contributed by atoms with Crippen LogP contribution in [0.3, 0.4) is 0 Å². The third kappa shape index (κ3) is 3.42. The van der Waals surface area contributed by atoms with Gasteiger partial charge in [0, 0.05) is 38.6 Å². The number of nitrogens with zero attached hydrogens (tertiary/aromatic N) is 1. The van der Waals surface area contributed by atoms with Gasteiger partial charge in [-0.1, -0.05) is 30.3 Å². The molecule has 1 atom stereocenters. The smallest absolute Gasteiger partial charge is 0.355 e. The number of rotatable bonds is 5. The van der Waals surface area contributed by atoms with E-state index < -0.39 is 17.5 Å². The number of nitrogens with one attached hydrogen (secondary N) is 2. The van der Waals surface area contributed by atoms with E-state index in [0.29, 0.717) is 13.1 Å². The predicted molar refractivity (Wildman–Crippen MR) is 84.2 cm³/mol. The number of hydrogen-bond acceptors (Lipinski definition) is 3. The van der Waals surface area contributed by atoms with Crippen LogP contribution in [0.2, 0.25) is 0 Å². The van der Waals surface area contributed by atoms with Crippen LogP contribution in [-0.2, 0) is 11.3 Å². The summed E-state index contributed by atoms with van der Waals surface area (Å²) in [5.74, 6) is -0.640. The van der Waals surface area contributed by atoms with Gasteiger partial charge < -0.3 is 10.6 Å². The number of likely N-dealkylation sites (tertiary alicyclic amines) is 1. The average molecular weight is 341 g/mol. The van der Waals surface area contributed by atoms with E-state index >= 15 is 0 Å². The normalized spacial score (nSPS) is 25.5. The first kappa shape index (κ1) is 17.2. The molecule has 4 nitrogen and oxygen atoms in total. The van der Waals surface area contributed by atoms with Gasteiger partial charge in [-0.15, -0.1) is 0 Å². The van der Waals surface area contributed by atoms with E-state index in [1.54, 1.807) is 4.90 Å². The maximum absolute atomic E-state index is 13.7. The van der Waals surface area contributed by atoms with E-state index in [2.05, 4.69) is 10.6 Å². The molecular formula is C17H22F3N3O. The highest BCUT2D eigenvalue weighted by Crippen LogP contribution is 2.46. The first-order valence-corrected chi connectivity index (χ1v) is 8.23. The van der Waals surface area contributed by atoms with Crippen LogP contribution >= 0.6 is 0 Å². The Morgan fingerprint density at radius 3 is 2.58 bits per heavy atom. The van der Waals surface area contributed by atoms with Crippen molar-refractivity contribution in [3.05, 3.63) is 35.9 Å². The summed E-state index contributed by atoms with van der Waals surface area (Å²) in [4.78, 5) is 14.1. The summed E-state index contributed by atoms with van der Waals surface area (Å²) in [5.41, 5.74) is -1.34. The quantitative estimate of drug-likeness (QED) is 0.858. The van der Waals surface area contributed by atoms with E-state index in [9.17, 15) is 18.0 Å². The average Bonchev–Trinajstić information content (AvgIpc) is 2.91. The van der Waals surface area contributed by atoms with E-state index in [1.165, 1.54) is 0 Å². The van der Waals surface area contributed by atoms with Crippen LogP contribution in [-0.4, -0.2) is 49.7 Å². The minimum atomic E-state index is -4.54. The van der Waals surface area contributed by atoms with E-state index in [-0.39, 0.29) is 25.4 Å². The Labute approximate surface area is 139 Å². The van der Waals surface area contributed by atoms with Crippen molar-refractivity contribution in [1.29, 1.82) is 0 Å². The zero-order valence-corrected chi connectivity index (χ0v) is 13.4. The van der Waals surface area contributed by atoms with Crippen LogP contribution in [0, 0.1) is 11.3 Å². The first-order valence-electron chi connectivity index (χ1n) is 8.23. The molecule has 7 heteroatoms. The minimum Gasteiger partial charge on any atom is -0.355 e. The summed E-state index contributed by atoms with van der Waals surface area (Å²) >= 11 is 0. The molecule has 1 aromatic carbocycles. The molecule has 1 unspecified atom stereocenters. The van der Waals surface area contributed by atoms with Crippen LogP contribution in [0.5, 0.6) is 0 Å². The standard InChI is InChI=1S/C17H22F3N3O/c18-17(19,20)16(15(24)22-10-14-8-21-9-14)6-7-23(12-16)11-13-4-2-1-3-5-13/h1-5,14,21H,6-12H2,(H,22,24). The third-order valence-corrected chi connectivity index (χ3v) is 4.99. The van der Waals surface area contributed by atoms with Gasteiger partial charge in [0.1, 0.15) is 0 Å². The molecule has 3 rings (SSSR count). The van der Waals surface area contributed by atoms with Crippen LogP contribution in [0.25, 0.3) is 0 Å². The van der Waals surface area contributed by atoms with Gasteiger partial charge in [-0.3, -0.25) is 9.69 Å². The Bertz CT molecular complexity index is 574.